The summed E-state index contributed by atoms with van der Waals surface area (Å²) in [6.45, 7) is 7.33. The van der Waals surface area contributed by atoms with Gasteiger partial charge in [0.1, 0.15) is 0 Å². The van der Waals surface area contributed by atoms with Gasteiger partial charge < -0.3 is 19.9 Å². The lowest BCUT2D eigenvalue weighted by Crippen LogP contribution is -2.47. The summed E-state index contributed by atoms with van der Waals surface area (Å²) in [6, 6.07) is 7.96. The number of nitrogens with one attached hydrogen (secondary N) is 1. The van der Waals surface area contributed by atoms with Crippen molar-refractivity contribution in [3.8, 4) is 0 Å². The molecule has 6 nitrogen and oxygen atoms in total. The van der Waals surface area contributed by atoms with Crippen molar-refractivity contribution in [2.24, 2.45) is 23.2 Å². The van der Waals surface area contributed by atoms with E-state index in [2.05, 4.69) is 34.2 Å². The van der Waals surface area contributed by atoms with Crippen molar-refractivity contribution in [2.45, 2.75) is 51.9 Å². The van der Waals surface area contributed by atoms with Gasteiger partial charge in [0.25, 0.3) is 5.91 Å². The predicted molar refractivity (Wildman–Crippen MR) is 126 cm³/mol. The lowest BCUT2D eigenvalue weighted by atomic mass is 9.49. The van der Waals surface area contributed by atoms with Gasteiger partial charge in [0, 0.05) is 37.6 Å². The molecule has 1 amide bonds. The van der Waals surface area contributed by atoms with E-state index in [1.54, 1.807) is 0 Å². The maximum absolute atomic E-state index is 12.5. The zero-order valence-corrected chi connectivity index (χ0v) is 19.4. The van der Waals surface area contributed by atoms with Crippen LogP contribution in [0.2, 0.25) is 0 Å². The highest BCUT2D eigenvalue weighted by Crippen LogP contribution is 2.61. The van der Waals surface area contributed by atoms with Crippen LogP contribution in [0.25, 0.3) is 0 Å². The molecule has 0 unspecified atom stereocenters. The number of benzene rings is 1. The van der Waals surface area contributed by atoms with Gasteiger partial charge in [-0.1, -0.05) is 6.92 Å². The Kier molecular flexibility index (Phi) is 6.15. The molecule has 174 valence electrons. The molecule has 4 aliphatic carbocycles. The minimum absolute atomic E-state index is 0.154. The van der Waals surface area contributed by atoms with Gasteiger partial charge in [-0.25, -0.2) is 0 Å². The second-order valence-corrected chi connectivity index (χ2v) is 10.8. The highest BCUT2D eigenvalue weighted by molar-refractivity contribution is 5.93. The normalized spacial score (nSPS) is 31.5. The van der Waals surface area contributed by atoms with Gasteiger partial charge in [-0.05, 0) is 92.5 Å². The number of nitrogens with zero attached hydrogens (tertiary/aromatic N) is 2. The molecule has 1 aromatic carbocycles. The molecule has 1 heterocycles. The zero-order valence-electron chi connectivity index (χ0n) is 19.4. The Morgan fingerprint density at radius 3 is 2.12 bits per heavy atom. The average molecular weight is 440 g/mol. The van der Waals surface area contributed by atoms with Crippen LogP contribution in [-0.2, 0) is 14.3 Å². The largest absolute Gasteiger partial charge is 0.456 e. The molecule has 0 radical (unpaired) electrons. The summed E-state index contributed by atoms with van der Waals surface area (Å²) in [5.41, 5.74) is 2.07. The molecule has 5 aliphatic rings. The zero-order chi connectivity index (χ0) is 22.1. The molecule has 4 bridgehead atoms. The van der Waals surface area contributed by atoms with E-state index in [1.165, 1.54) is 44.2 Å². The standard InChI is InChI=1S/C26H37N3O3/c1-2-28-7-9-29(10-8-28)23-5-3-22(4-6-23)27-24(30)18-32-25(31)17-26-14-19-11-20(15-26)13-21(12-19)16-26/h3-6,19-21H,2,7-18H2,1H3,(H,27,30). The van der Waals surface area contributed by atoms with Crippen molar-refractivity contribution in [1.82, 2.24) is 4.90 Å². The van der Waals surface area contributed by atoms with Crippen LogP contribution in [0.1, 0.15) is 51.9 Å². The molecule has 6 rings (SSSR count). The number of carbonyl (C=O) groups excluding carboxylic acids is 2. The first-order chi connectivity index (χ1) is 15.5. The van der Waals surface area contributed by atoms with E-state index in [1.807, 2.05) is 12.1 Å². The summed E-state index contributed by atoms with van der Waals surface area (Å²) in [7, 11) is 0. The van der Waals surface area contributed by atoms with E-state index >= 15 is 0 Å². The molecular formula is C26H37N3O3. The molecule has 0 atom stereocenters. The Hall–Kier alpha value is -2.08. The first-order valence-electron chi connectivity index (χ1n) is 12.5. The summed E-state index contributed by atoms with van der Waals surface area (Å²) >= 11 is 0. The van der Waals surface area contributed by atoms with Crippen molar-refractivity contribution in [1.29, 1.82) is 0 Å². The van der Waals surface area contributed by atoms with Crippen molar-refractivity contribution in [3.63, 3.8) is 0 Å². The van der Waals surface area contributed by atoms with Crippen LogP contribution in [0.3, 0.4) is 0 Å². The lowest BCUT2D eigenvalue weighted by Gasteiger charge is -2.56. The number of amides is 1. The summed E-state index contributed by atoms with van der Waals surface area (Å²) in [5, 5.41) is 2.86. The van der Waals surface area contributed by atoms with Crippen LogP contribution in [0.4, 0.5) is 11.4 Å². The highest BCUT2D eigenvalue weighted by atomic mass is 16.5. The van der Waals surface area contributed by atoms with Gasteiger partial charge >= 0.3 is 5.97 Å². The molecule has 32 heavy (non-hydrogen) atoms. The number of esters is 1. The summed E-state index contributed by atoms with van der Waals surface area (Å²) < 4.78 is 5.39. The number of hydrogen-bond acceptors (Lipinski definition) is 5. The van der Waals surface area contributed by atoms with Crippen molar-refractivity contribution in [3.05, 3.63) is 24.3 Å². The Labute approximate surface area is 191 Å². The minimum atomic E-state index is -0.270. The summed E-state index contributed by atoms with van der Waals surface area (Å²) in [4.78, 5) is 29.7. The van der Waals surface area contributed by atoms with Crippen molar-refractivity contribution in [2.75, 3.05) is 49.5 Å². The Balaban J connectivity index is 1.07. The van der Waals surface area contributed by atoms with Crippen LogP contribution in [0, 0.1) is 23.2 Å². The molecule has 4 saturated carbocycles. The van der Waals surface area contributed by atoms with Crippen LogP contribution in [0.5, 0.6) is 0 Å². The van der Waals surface area contributed by atoms with Gasteiger partial charge in [-0.2, -0.15) is 0 Å². The molecule has 1 saturated heterocycles. The molecule has 1 aliphatic heterocycles. The minimum Gasteiger partial charge on any atom is -0.456 e. The third kappa shape index (κ3) is 4.80. The average Bonchev–Trinajstić information content (AvgIpc) is 2.77. The van der Waals surface area contributed by atoms with Gasteiger partial charge in [-0.3, -0.25) is 9.59 Å². The SMILES string of the molecule is CCN1CCN(c2ccc(NC(=O)COC(=O)CC34CC5CC(CC(C5)C3)C4)cc2)CC1. The fraction of sp³-hybridized carbons (Fsp3) is 0.692. The van der Waals surface area contributed by atoms with E-state index in [9.17, 15) is 9.59 Å². The van der Waals surface area contributed by atoms with Gasteiger partial charge in [0.2, 0.25) is 0 Å². The van der Waals surface area contributed by atoms with Gasteiger partial charge in [0.05, 0.1) is 6.42 Å². The fourth-order valence-corrected chi connectivity index (χ4v) is 7.28. The third-order valence-electron chi connectivity index (χ3n) is 8.38. The predicted octanol–water partition coefficient (Wildman–Crippen LogP) is 3.92. The fourth-order valence-electron chi connectivity index (χ4n) is 7.28. The van der Waals surface area contributed by atoms with E-state index in [0.29, 0.717) is 6.42 Å². The molecule has 1 aromatic rings. The Morgan fingerprint density at radius 1 is 0.969 bits per heavy atom. The first kappa shape index (κ1) is 21.7. The molecule has 1 N–H and O–H groups in total. The lowest BCUT2D eigenvalue weighted by molar-refractivity contribution is -0.154. The van der Waals surface area contributed by atoms with E-state index in [4.69, 9.17) is 4.74 Å². The number of anilines is 2. The highest BCUT2D eigenvalue weighted by Gasteiger charge is 2.51. The van der Waals surface area contributed by atoms with E-state index in [-0.39, 0.29) is 23.9 Å². The van der Waals surface area contributed by atoms with Gasteiger partial charge in [0.15, 0.2) is 6.61 Å². The number of rotatable bonds is 7. The van der Waals surface area contributed by atoms with E-state index < -0.39 is 0 Å². The first-order valence-corrected chi connectivity index (χ1v) is 12.5. The molecule has 0 aromatic heterocycles. The third-order valence-corrected chi connectivity index (χ3v) is 8.38. The number of piperazine rings is 1. The molecular weight excluding hydrogens is 402 g/mol. The Bertz CT molecular complexity index is 794. The van der Waals surface area contributed by atoms with Gasteiger partial charge in [-0.15, -0.1) is 0 Å². The number of carbonyl (C=O) groups is 2. The second kappa shape index (κ2) is 9.05. The monoisotopic (exact) mass is 439 g/mol. The molecule has 0 spiro atoms. The maximum atomic E-state index is 12.5. The van der Waals surface area contributed by atoms with Crippen LogP contribution in [0.15, 0.2) is 24.3 Å². The van der Waals surface area contributed by atoms with Crippen molar-refractivity contribution >= 4 is 23.3 Å². The topological polar surface area (TPSA) is 61.9 Å². The van der Waals surface area contributed by atoms with Crippen LogP contribution >= 0.6 is 0 Å². The smallest absolute Gasteiger partial charge is 0.306 e. The number of ether oxygens (including phenoxy) is 1. The number of likely N-dealkylation sites (N-methyl/N-ethyl adjacent to an activating group) is 1. The van der Waals surface area contributed by atoms with Crippen molar-refractivity contribution < 1.29 is 14.3 Å². The maximum Gasteiger partial charge on any atom is 0.306 e. The summed E-state index contributed by atoms with van der Waals surface area (Å²) in [6.07, 6.45) is 8.13. The number of hydrogen-bond donors (Lipinski definition) is 1. The van der Waals surface area contributed by atoms with E-state index in [0.717, 1.165) is 56.2 Å². The summed E-state index contributed by atoms with van der Waals surface area (Å²) in [5.74, 6) is 1.97. The molecule has 6 heteroatoms. The van der Waals surface area contributed by atoms with Crippen LogP contribution < -0.4 is 10.2 Å². The van der Waals surface area contributed by atoms with Crippen LogP contribution in [-0.4, -0.2) is 56.1 Å². The quantitative estimate of drug-likeness (QED) is 0.653. The Morgan fingerprint density at radius 2 is 1.56 bits per heavy atom. The molecule has 5 fully saturated rings. The second-order valence-electron chi connectivity index (χ2n) is 10.8.